The summed E-state index contributed by atoms with van der Waals surface area (Å²) in [7, 11) is 1.58. The molecular weight excluding hydrogens is 184 g/mol. The van der Waals surface area contributed by atoms with E-state index in [-0.39, 0.29) is 0 Å². The van der Waals surface area contributed by atoms with E-state index >= 15 is 0 Å². The van der Waals surface area contributed by atoms with Crippen molar-refractivity contribution < 1.29 is 8.85 Å². The minimum atomic E-state index is -1.85. The van der Waals surface area contributed by atoms with Crippen LogP contribution in [0.5, 0.6) is 0 Å². The third-order valence-corrected chi connectivity index (χ3v) is 5.09. The second-order valence-corrected chi connectivity index (χ2v) is 6.69. The van der Waals surface area contributed by atoms with E-state index in [4.69, 9.17) is 14.6 Å². The van der Waals surface area contributed by atoms with Crippen molar-refractivity contribution in [2.75, 3.05) is 33.9 Å². The van der Waals surface area contributed by atoms with Crippen molar-refractivity contribution in [3.05, 3.63) is 0 Å². The predicted octanol–water partition coefficient (Wildman–Crippen LogP) is 0.304. The second-order valence-electron chi connectivity index (χ2n) is 3.11. The zero-order chi connectivity index (χ0) is 10.2. The largest absolute Gasteiger partial charge is 0.398 e. The van der Waals surface area contributed by atoms with Gasteiger partial charge < -0.3 is 14.6 Å². The highest BCUT2D eigenvalue weighted by Crippen LogP contribution is 2.12. The fourth-order valence-corrected chi connectivity index (χ4v) is 2.38. The van der Waals surface area contributed by atoms with Crippen molar-refractivity contribution in [2.24, 2.45) is 5.73 Å². The van der Waals surface area contributed by atoms with Gasteiger partial charge in [-0.15, -0.1) is 0 Å². The molecule has 0 aliphatic heterocycles. The molecule has 2 N–H and O–H groups in total. The van der Waals surface area contributed by atoms with Gasteiger partial charge in [-0.3, -0.25) is 0 Å². The zero-order valence-electron chi connectivity index (χ0n) is 8.88. The summed E-state index contributed by atoms with van der Waals surface area (Å²) in [5.41, 5.74) is 5.31. The van der Waals surface area contributed by atoms with Crippen LogP contribution in [0.2, 0.25) is 12.6 Å². The molecule has 0 unspecified atom stereocenters. The third-order valence-electron chi connectivity index (χ3n) is 2.10. The monoisotopic (exact) mass is 205 g/mol. The zero-order valence-corrected chi connectivity index (χ0v) is 9.88. The lowest BCUT2D eigenvalue weighted by Crippen LogP contribution is -2.36. The van der Waals surface area contributed by atoms with Crippen molar-refractivity contribution in [1.82, 2.24) is 5.32 Å². The highest BCUT2D eigenvalue weighted by atomic mass is 28.4. The molecule has 0 saturated heterocycles. The van der Waals surface area contributed by atoms with Crippen molar-refractivity contribution >= 4 is 8.56 Å². The minimum absolute atomic E-state index is 0.642. The van der Waals surface area contributed by atoms with Crippen molar-refractivity contribution in [2.45, 2.75) is 19.0 Å². The molecule has 13 heavy (non-hydrogen) atoms. The van der Waals surface area contributed by atoms with Gasteiger partial charge in [0.15, 0.2) is 0 Å². The highest BCUT2D eigenvalue weighted by Gasteiger charge is 2.27. The Bertz CT molecular complexity index is 121. The van der Waals surface area contributed by atoms with Gasteiger partial charge in [0, 0.05) is 33.9 Å². The highest BCUT2D eigenvalue weighted by molar-refractivity contribution is 6.65. The van der Waals surface area contributed by atoms with Crippen LogP contribution in [0.15, 0.2) is 0 Å². The van der Waals surface area contributed by atoms with E-state index in [1.807, 2.05) is 0 Å². The molecule has 5 heteroatoms. The van der Waals surface area contributed by atoms with E-state index in [0.29, 0.717) is 6.54 Å². The number of hydrogen-bond acceptors (Lipinski definition) is 3. The summed E-state index contributed by atoms with van der Waals surface area (Å²) >= 11 is 0. The van der Waals surface area contributed by atoms with Gasteiger partial charge in [0.05, 0.1) is 0 Å². The molecule has 0 aromatic rings. The minimum Gasteiger partial charge on any atom is -0.398 e. The maximum atomic E-state index is 5.34. The Hall–Kier alpha value is 0.0569. The van der Waals surface area contributed by atoms with Crippen LogP contribution < -0.4 is 11.1 Å². The number of hydrogen-bond donors (Lipinski definition) is 1. The molecule has 0 saturated carbocycles. The topological polar surface area (TPSA) is 58.6 Å². The van der Waals surface area contributed by atoms with E-state index < -0.39 is 8.56 Å². The third kappa shape index (κ3) is 6.17. The Morgan fingerprint density at radius 3 is 2.31 bits per heavy atom. The van der Waals surface area contributed by atoms with Gasteiger partial charge in [0.25, 0.3) is 0 Å². The predicted molar refractivity (Wildman–Crippen MR) is 56.0 cm³/mol. The van der Waals surface area contributed by atoms with Gasteiger partial charge >= 0.3 is 8.56 Å². The van der Waals surface area contributed by atoms with E-state index in [0.717, 1.165) is 25.6 Å². The first-order chi connectivity index (χ1) is 6.18. The first-order valence-corrected chi connectivity index (χ1v) is 7.14. The number of rotatable bonds is 8. The van der Waals surface area contributed by atoms with E-state index in [9.17, 15) is 0 Å². The van der Waals surface area contributed by atoms with Crippen LogP contribution in [-0.4, -0.2) is 42.4 Å². The van der Waals surface area contributed by atoms with Gasteiger partial charge in [-0.1, -0.05) is 0 Å². The molecule has 0 rings (SSSR count). The molecule has 0 spiro atoms. The molecule has 0 aromatic carbocycles. The lowest BCUT2D eigenvalue weighted by molar-refractivity contribution is 0.248. The molecule has 0 bridgehead atoms. The Morgan fingerprint density at radius 1 is 1.23 bits per heavy atom. The molecule has 4 nitrogen and oxygen atoms in total. The van der Waals surface area contributed by atoms with E-state index in [1.54, 1.807) is 14.2 Å². The maximum absolute atomic E-state index is 5.34. The Labute approximate surface area is 82.0 Å². The first kappa shape index (κ1) is 13.1. The van der Waals surface area contributed by atoms with Gasteiger partial charge in [-0.2, -0.15) is 0 Å². The quantitative estimate of drug-likeness (QED) is 0.458. The Balaban J connectivity index is 3.39. The van der Waals surface area contributed by atoms with E-state index in [2.05, 4.69) is 11.9 Å². The van der Waals surface area contributed by atoms with Gasteiger partial charge in [0.2, 0.25) is 0 Å². The summed E-state index contributed by atoms with van der Waals surface area (Å²) in [6.07, 6.45) is 1.03. The van der Waals surface area contributed by atoms with Crippen LogP contribution >= 0.6 is 0 Å². The lowest BCUT2D eigenvalue weighted by atomic mass is 10.5. The molecule has 0 atom stereocenters. The van der Waals surface area contributed by atoms with Gasteiger partial charge in [0.1, 0.15) is 0 Å². The van der Waals surface area contributed by atoms with Gasteiger partial charge in [-0.25, -0.2) is 5.32 Å². The van der Waals surface area contributed by atoms with Crippen molar-refractivity contribution in [3.8, 4) is 0 Å². The average Bonchev–Trinajstić information content (AvgIpc) is 2.17. The number of nitrogens with two attached hydrogens (primary N) is 1. The normalized spacial score (nSPS) is 12.0. The number of nitrogens with zero attached hydrogens (tertiary/aromatic N) is 1. The first-order valence-electron chi connectivity index (χ1n) is 4.62. The van der Waals surface area contributed by atoms with Crippen LogP contribution in [-0.2, 0) is 8.85 Å². The molecule has 79 valence electrons. The molecule has 0 heterocycles. The SMILES string of the molecule is CO[Si](C)(CCC[N]CCN)OC. The standard InChI is InChI=1S/C8H21N2O2Si/c1-11-13(3,12-2)8-4-6-10-7-5-9/h4-9H2,1-3H3. The fraction of sp³-hybridized carbons (Fsp3) is 1.00. The van der Waals surface area contributed by atoms with Crippen molar-refractivity contribution in [3.63, 3.8) is 0 Å². The summed E-state index contributed by atoms with van der Waals surface area (Å²) < 4.78 is 10.7. The Kier molecular flexibility index (Phi) is 7.49. The van der Waals surface area contributed by atoms with Crippen LogP contribution in [0.1, 0.15) is 6.42 Å². The van der Waals surface area contributed by atoms with Crippen molar-refractivity contribution in [1.29, 1.82) is 0 Å². The summed E-state index contributed by atoms with van der Waals surface area (Å²) in [5.74, 6) is 0. The summed E-state index contributed by atoms with van der Waals surface area (Å²) in [4.78, 5) is 0. The van der Waals surface area contributed by atoms with Crippen LogP contribution in [0, 0.1) is 0 Å². The van der Waals surface area contributed by atoms with Crippen LogP contribution in [0.25, 0.3) is 0 Å². The van der Waals surface area contributed by atoms with Gasteiger partial charge in [-0.05, 0) is 19.0 Å². The molecular formula is C8H21N2O2Si. The fourth-order valence-electron chi connectivity index (χ4n) is 1.00. The summed E-state index contributed by atoms with van der Waals surface area (Å²) in [5, 5.41) is 4.25. The second kappa shape index (κ2) is 7.46. The Morgan fingerprint density at radius 2 is 1.85 bits per heavy atom. The lowest BCUT2D eigenvalue weighted by Gasteiger charge is -2.22. The van der Waals surface area contributed by atoms with E-state index in [1.165, 1.54) is 0 Å². The van der Waals surface area contributed by atoms with Crippen LogP contribution in [0.4, 0.5) is 0 Å². The summed E-state index contributed by atoms with van der Waals surface area (Å²) in [6.45, 7) is 4.34. The van der Waals surface area contributed by atoms with Crippen LogP contribution in [0.3, 0.4) is 0 Å². The molecule has 0 aliphatic rings. The molecule has 0 aromatic heterocycles. The molecule has 1 radical (unpaired) electrons. The maximum Gasteiger partial charge on any atom is 0.334 e. The molecule has 0 fully saturated rings. The summed E-state index contributed by atoms with van der Waals surface area (Å²) in [6, 6.07) is 0.994. The smallest absolute Gasteiger partial charge is 0.334 e. The molecule has 0 aliphatic carbocycles. The molecule has 0 amide bonds. The average molecular weight is 205 g/mol.